The fourth-order valence-corrected chi connectivity index (χ4v) is 2.69. The third kappa shape index (κ3) is 6.84. The number of ether oxygens (including phenoxy) is 2. The minimum absolute atomic E-state index is 0. The fraction of sp³-hybridized carbons (Fsp3) is 0.350. The molecule has 0 saturated carbocycles. The van der Waals surface area contributed by atoms with Crippen LogP contribution in [0.15, 0.2) is 42.5 Å². The van der Waals surface area contributed by atoms with Crippen molar-refractivity contribution in [1.29, 1.82) is 0 Å². The van der Waals surface area contributed by atoms with Crippen molar-refractivity contribution in [3.05, 3.63) is 59.4 Å². The van der Waals surface area contributed by atoms with E-state index in [9.17, 15) is 5.11 Å². The van der Waals surface area contributed by atoms with Crippen LogP contribution in [-0.2, 0) is 13.2 Å². The van der Waals surface area contributed by atoms with Crippen molar-refractivity contribution < 1.29 is 14.6 Å². The second kappa shape index (κ2) is 12.3. The van der Waals surface area contributed by atoms with Gasteiger partial charge in [-0.15, -0.1) is 29.9 Å². The number of hydrogen-bond donors (Lipinski definition) is 2. The normalized spacial score (nSPS) is 11.2. The first-order chi connectivity index (χ1) is 13.6. The van der Waals surface area contributed by atoms with Gasteiger partial charge in [0.1, 0.15) is 0 Å². The SMILES string of the molecule is COc1cc(CNCC(C)O)ccc1OCc1nnnn1-c1ccc(C)cc1.Cl.Cl. The van der Waals surface area contributed by atoms with Gasteiger partial charge in [-0.1, -0.05) is 23.8 Å². The van der Waals surface area contributed by atoms with Crippen molar-refractivity contribution in [3.8, 4) is 17.2 Å². The molecule has 0 saturated heterocycles. The van der Waals surface area contributed by atoms with Crippen LogP contribution in [0.25, 0.3) is 5.69 Å². The molecule has 0 aliphatic carbocycles. The molecule has 0 radical (unpaired) electrons. The van der Waals surface area contributed by atoms with E-state index in [1.165, 1.54) is 5.56 Å². The van der Waals surface area contributed by atoms with Gasteiger partial charge >= 0.3 is 0 Å². The number of tetrazole rings is 1. The lowest BCUT2D eigenvalue weighted by atomic mass is 10.2. The van der Waals surface area contributed by atoms with Gasteiger partial charge in [-0.25, -0.2) is 0 Å². The van der Waals surface area contributed by atoms with E-state index in [1.54, 1.807) is 18.7 Å². The van der Waals surface area contributed by atoms with E-state index in [0.717, 1.165) is 11.3 Å². The van der Waals surface area contributed by atoms with E-state index in [1.807, 2.05) is 49.4 Å². The first kappa shape index (κ1) is 25.6. The summed E-state index contributed by atoms with van der Waals surface area (Å²) >= 11 is 0. The molecule has 30 heavy (non-hydrogen) atoms. The molecule has 1 unspecified atom stereocenters. The number of nitrogens with one attached hydrogen (secondary N) is 1. The third-order valence-corrected chi connectivity index (χ3v) is 4.17. The summed E-state index contributed by atoms with van der Waals surface area (Å²) in [4.78, 5) is 0. The minimum Gasteiger partial charge on any atom is -0.493 e. The fourth-order valence-electron chi connectivity index (χ4n) is 2.69. The van der Waals surface area contributed by atoms with Gasteiger partial charge < -0.3 is 19.9 Å². The molecule has 0 bridgehead atoms. The predicted octanol–water partition coefficient (Wildman–Crippen LogP) is 2.87. The van der Waals surface area contributed by atoms with Crippen LogP contribution in [0.3, 0.4) is 0 Å². The molecule has 3 aromatic rings. The highest BCUT2D eigenvalue weighted by Crippen LogP contribution is 2.28. The number of aliphatic hydroxyl groups excluding tert-OH is 1. The molecule has 10 heteroatoms. The van der Waals surface area contributed by atoms with Crippen LogP contribution in [0.2, 0.25) is 0 Å². The Morgan fingerprint density at radius 3 is 2.50 bits per heavy atom. The largest absolute Gasteiger partial charge is 0.493 e. The summed E-state index contributed by atoms with van der Waals surface area (Å²) in [6.07, 6.45) is -0.385. The highest BCUT2D eigenvalue weighted by atomic mass is 35.5. The zero-order chi connectivity index (χ0) is 19.9. The summed E-state index contributed by atoms with van der Waals surface area (Å²) in [6.45, 7) is 5.14. The molecule has 0 fully saturated rings. The molecule has 2 N–H and O–H groups in total. The van der Waals surface area contributed by atoms with Crippen molar-refractivity contribution in [2.75, 3.05) is 13.7 Å². The average Bonchev–Trinajstić information content (AvgIpc) is 3.15. The predicted molar refractivity (Wildman–Crippen MR) is 119 cm³/mol. The van der Waals surface area contributed by atoms with Gasteiger partial charge in [-0.2, -0.15) is 4.68 Å². The Hall–Kier alpha value is -2.39. The van der Waals surface area contributed by atoms with E-state index in [2.05, 4.69) is 20.8 Å². The van der Waals surface area contributed by atoms with Crippen molar-refractivity contribution in [2.45, 2.75) is 33.1 Å². The zero-order valence-corrected chi connectivity index (χ0v) is 18.7. The van der Waals surface area contributed by atoms with E-state index in [4.69, 9.17) is 9.47 Å². The Bertz CT molecular complexity index is 904. The van der Waals surface area contributed by atoms with Gasteiger partial charge in [0.15, 0.2) is 23.9 Å². The van der Waals surface area contributed by atoms with Crippen LogP contribution >= 0.6 is 24.8 Å². The van der Waals surface area contributed by atoms with Crippen LogP contribution < -0.4 is 14.8 Å². The summed E-state index contributed by atoms with van der Waals surface area (Å²) in [5.41, 5.74) is 3.08. The van der Waals surface area contributed by atoms with Gasteiger partial charge in [0.25, 0.3) is 0 Å². The van der Waals surface area contributed by atoms with E-state index < -0.39 is 0 Å². The lowest BCUT2D eigenvalue weighted by molar-refractivity contribution is 0.191. The second-order valence-corrected chi connectivity index (χ2v) is 6.60. The summed E-state index contributed by atoms with van der Waals surface area (Å²) in [5.74, 6) is 1.83. The molecule has 2 aromatic carbocycles. The quantitative estimate of drug-likeness (QED) is 0.511. The van der Waals surface area contributed by atoms with Crippen LogP contribution in [0.4, 0.5) is 0 Å². The highest BCUT2D eigenvalue weighted by Gasteiger charge is 2.12. The molecular weight excluding hydrogens is 429 g/mol. The molecule has 0 spiro atoms. The monoisotopic (exact) mass is 455 g/mol. The van der Waals surface area contributed by atoms with Gasteiger partial charge in [-0.05, 0) is 54.1 Å². The smallest absolute Gasteiger partial charge is 0.194 e. The number of rotatable bonds is 9. The van der Waals surface area contributed by atoms with Crippen molar-refractivity contribution in [2.24, 2.45) is 0 Å². The average molecular weight is 456 g/mol. The van der Waals surface area contributed by atoms with Gasteiger partial charge in [-0.3, -0.25) is 0 Å². The van der Waals surface area contributed by atoms with Crippen molar-refractivity contribution in [1.82, 2.24) is 25.5 Å². The summed E-state index contributed by atoms with van der Waals surface area (Å²) < 4.78 is 13.0. The van der Waals surface area contributed by atoms with Crippen molar-refractivity contribution >= 4 is 24.8 Å². The molecule has 8 nitrogen and oxygen atoms in total. The number of hydrogen-bond acceptors (Lipinski definition) is 7. The van der Waals surface area contributed by atoms with Gasteiger partial charge in [0.05, 0.1) is 18.9 Å². The maximum Gasteiger partial charge on any atom is 0.194 e. The third-order valence-electron chi connectivity index (χ3n) is 4.17. The van der Waals surface area contributed by atoms with E-state index in [0.29, 0.717) is 30.4 Å². The molecule has 1 aromatic heterocycles. The lowest BCUT2D eigenvalue weighted by Crippen LogP contribution is -2.23. The maximum absolute atomic E-state index is 9.33. The Kier molecular flexibility index (Phi) is 10.5. The molecule has 3 rings (SSSR count). The lowest BCUT2D eigenvalue weighted by Gasteiger charge is -2.13. The molecule has 0 aliphatic heterocycles. The first-order valence-corrected chi connectivity index (χ1v) is 9.09. The van der Waals surface area contributed by atoms with Crippen LogP contribution in [0.5, 0.6) is 11.5 Å². The number of methoxy groups -OCH3 is 1. The summed E-state index contributed by atoms with van der Waals surface area (Å²) in [5, 5.41) is 24.4. The van der Waals surface area contributed by atoms with Crippen LogP contribution in [-0.4, -0.2) is 45.1 Å². The number of aromatic nitrogens is 4. The van der Waals surface area contributed by atoms with Gasteiger partial charge in [0.2, 0.25) is 0 Å². The van der Waals surface area contributed by atoms with Crippen LogP contribution in [0, 0.1) is 6.92 Å². The Morgan fingerprint density at radius 1 is 1.10 bits per heavy atom. The number of aliphatic hydroxyl groups is 1. The molecular formula is C20H27Cl2N5O3. The molecule has 1 atom stereocenters. The number of nitrogens with zero attached hydrogens (tertiary/aromatic N) is 4. The van der Waals surface area contributed by atoms with Crippen LogP contribution in [0.1, 0.15) is 23.9 Å². The number of aryl methyl sites for hydroxylation is 1. The highest BCUT2D eigenvalue weighted by molar-refractivity contribution is 5.85. The topological polar surface area (TPSA) is 94.3 Å². The van der Waals surface area contributed by atoms with Crippen molar-refractivity contribution in [3.63, 3.8) is 0 Å². The standard InChI is InChI=1S/C20H25N5O3.2ClH/c1-14-4-7-17(8-5-14)25-20(22-23-24-25)13-28-18-9-6-16(10-19(18)27-3)12-21-11-15(2)26;;/h4-10,15,21,26H,11-13H2,1-3H3;2*1H. The number of halogens is 2. The maximum atomic E-state index is 9.33. The Balaban J connectivity index is 0.00000225. The molecule has 164 valence electrons. The summed E-state index contributed by atoms with van der Waals surface area (Å²) in [6, 6.07) is 13.7. The summed E-state index contributed by atoms with van der Waals surface area (Å²) in [7, 11) is 1.60. The Morgan fingerprint density at radius 2 is 1.83 bits per heavy atom. The minimum atomic E-state index is -0.385. The molecule has 0 aliphatic rings. The molecule has 0 amide bonds. The van der Waals surface area contributed by atoms with E-state index in [-0.39, 0.29) is 37.5 Å². The number of benzene rings is 2. The van der Waals surface area contributed by atoms with E-state index >= 15 is 0 Å². The first-order valence-electron chi connectivity index (χ1n) is 9.09. The zero-order valence-electron chi connectivity index (χ0n) is 17.1. The Labute approximate surface area is 188 Å². The second-order valence-electron chi connectivity index (χ2n) is 6.60. The molecule has 1 heterocycles. The van der Waals surface area contributed by atoms with Gasteiger partial charge in [0, 0.05) is 13.1 Å².